The van der Waals surface area contributed by atoms with E-state index in [4.69, 9.17) is 10.5 Å². The van der Waals surface area contributed by atoms with Gasteiger partial charge in [0, 0.05) is 0 Å². The SMILES string of the molecule is CCCc1c(N)ncnc1OCCCc1ccccc1. The largest absolute Gasteiger partial charge is 0.477 e. The van der Waals surface area contributed by atoms with Crippen LogP contribution in [0.4, 0.5) is 5.82 Å². The van der Waals surface area contributed by atoms with Crippen molar-refractivity contribution in [1.82, 2.24) is 9.97 Å². The second-order valence-electron chi connectivity index (χ2n) is 4.73. The highest BCUT2D eigenvalue weighted by atomic mass is 16.5. The molecule has 20 heavy (non-hydrogen) atoms. The highest BCUT2D eigenvalue weighted by Crippen LogP contribution is 2.21. The van der Waals surface area contributed by atoms with Gasteiger partial charge in [-0.2, -0.15) is 0 Å². The van der Waals surface area contributed by atoms with Gasteiger partial charge >= 0.3 is 0 Å². The summed E-state index contributed by atoms with van der Waals surface area (Å²) in [7, 11) is 0. The van der Waals surface area contributed by atoms with E-state index >= 15 is 0 Å². The molecule has 0 aliphatic carbocycles. The predicted octanol–water partition coefficient (Wildman–Crippen LogP) is 3.02. The van der Waals surface area contributed by atoms with Crippen LogP contribution >= 0.6 is 0 Å². The lowest BCUT2D eigenvalue weighted by molar-refractivity contribution is 0.295. The van der Waals surface area contributed by atoms with Crippen molar-refractivity contribution in [2.75, 3.05) is 12.3 Å². The molecule has 106 valence electrons. The lowest BCUT2D eigenvalue weighted by Crippen LogP contribution is -2.07. The van der Waals surface area contributed by atoms with Crippen LogP contribution < -0.4 is 10.5 Å². The molecule has 0 aliphatic rings. The first-order valence-corrected chi connectivity index (χ1v) is 7.07. The van der Waals surface area contributed by atoms with Crippen molar-refractivity contribution in [3.05, 3.63) is 47.8 Å². The average molecular weight is 271 g/mol. The molecule has 1 aromatic carbocycles. The molecular formula is C16H21N3O. The highest BCUT2D eigenvalue weighted by Gasteiger charge is 2.09. The summed E-state index contributed by atoms with van der Waals surface area (Å²) in [5.74, 6) is 1.16. The van der Waals surface area contributed by atoms with E-state index < -0.39 is 0 Å². The molecule has 2 N–H and O–H groups in total. The number of hydrogen-bond acceptors (Lipinski definition) is 4. The topological polar surface area (TPSA) is 61.0 Å². The number of ether oxygens (including phenoxy) is 1. The second kappa shape index (κ2) is 7.48. The molecule has 0 aliphatic heterocycles. The Kier molecular flexibility index (Phi) is 5.35. The summed E-state index contributed by atoms with van der Waals surface area (Å²) in [6.45, 7) is 2.74. The van der Waals surface area contributed by atoms with Crippen LogP contribution in [-0.2, 0) is 12.8 Å². The zero-order valence-corrected chi connectivity index (χ0v) is 11.9. The van der Waals surface area contributed by atoms with Gasteiger partial charge in [0.25, 0.3) is 0 Å². The van der Waals surface area contributed by atoms with Crippen LogP contribution in [0, 0.1) is 0 Å². The van der Waals surface area contributed by atoms with Crippen molar-refractivity contribution in [3.63, 3.8) is 0 Å². The van der Waals surface area contributed by atoms with Crippen LogP contribution in [0.2, 0.25) is 0 Å². The smallest absolute Gasteiger partial charge is 0.221 e. The van der Waals surface area contributed by atoms with Crippen LogP contribution in [0.1, 0.15) is 30.9 Å². The van der Waals surface area contributed by atoms with Crippen LogP contribution in [0.25, 0.3) is 0 Å². The minimum absolute atomic E-state index is 0.528. The first-order chi connectivity index (χ1) is 9.81. The van der Waals surface area contributed by atoms with Gasteiger partial charge in [0.15, 0.2) is 0 Å². The average Bonchev–Trinajstić information content (AvgIpc) is 2.48. The number of aryl methyl sites for hydroxylation is 1. The normalized spacial score (nSPS) is 10.4. The highest BCUT2D eigenvalue weighted by molar-refractivity contribution is 5.44. The Balaban J connectivity index is 1.86. The minimum atomic E-state index is 0.528. The zero-order valence-electron chi connectivity index (χ0n) is 11.9. The standard InChI is InChI=1S/C16H21N3O/c1-2-7-14-15(17)18-12-19-16(14)20-11-6-10-13-8-4-3-5-9-13/h3-5,8-9,12H,2,6-7,10-11H2,1H3,(H2,17,18,19). The maximum atomic E-state index is 5.87. The maximum Gasteiger partial charge on any atom is 0.221 e. The number of nitrogen functional groups attached to an aromatic ring is 1. The molecule has 4 nitrogen and oxygen atoms in total. The van der Waals surface area contributed by atoms with Crippen molar-refractivity contribution < 1.29 is 4.74 Å². The molecule has 1 heterocycles. The first kappa shape index (κ1) is 14.3. The van der Waals surface area contributed by atoms with Crippen molar-refractivity contribution in [1.29, 1.82) is 0 Å². The number of aromatic nitrogens is 2. The molecule has 4 heteroatoms. The predicted molar refractivity (Wildman–Crippen MR) is 80.7 cm³/mol. The Morgan fingerprint density at radius 2 is 1.90 bits per heavy atom. The summed E-state index contributed by atoms with van der Waals surface area (Å²) >= 11 is 0. The molecule has 2 rings (SSSR count). The van der Waals surface area contributed by atoms with E-state index in [1.807, 2.05) is 6.07 Å². The number of hydrogen-bond donors (Lipinski definition) is 1. The third kappa shape index (κ3) is 3.95. The third-order valence-electron chi connectivity index (χ3n) is 3.13. The Labute approximate surface area is 120 Å². The Morgan fingerprint density at radius 1 is 1.10 bits per heavy atom. The van der Waals surface area contributed by atoms with E-state index in [0.29, 0.717) is 18.3 Å². The van der Waals surface area contributed by atoms with E-state index in [1.165, 1.54) is 11.9 Å². The first-order valence-electron chi connectivity index (χ1n) is 7.07. The van der Waals surface area contributed by atoms with E-state index in [-0.39, 0.29) is 0 Å². The Morgan fingerprint density at radius 3 is 2.65 bits per heavy atom. The minimum Gasteiger partial charge on any atom is -0.477 e. The van der Waals surface area contributed by atoms with Crippen LogP contribution in [0.15, 0.2) is 36.7 Å². The van der Waals surface area contributed by atoms with Gasteiger partial charge in [0.1, 0.15) is 12.1 Å². The van der Waals surface area contributed by atoms with Crippen molar-refractivity contribution >= 4 is 5.82 Å². The molecule has 0 saturated heterocycles. The van der Waals surface area contributed by atoms with Gasteiger partial charge in [0.05, 0.1) is 12.2 Å². The van der Waals surface area contributed by atoms with E-state index in [1.54, 1.807) is 0 Å². The molecule has 0 fully saturated rings. The van der Waals surface area contributed by atoms with Crippen LogP contribution in [0.3, 0.4) is 0 Å². The number of rotatable bonds is 7. The number of anilines is 1. The summed E-state index contributed by atoms with van der Waals surface area (Å²) in [6, 6.07) is 10.4. The van der Waals surface area contributed by atoms with Crippen molar-refractivity contribution in [2.24, 2.45) is 0 Å². The Hall–Kier alpha value is -2.10. The van der Waals surface area contributed by atoms with Gasteiger partial charge in [0.2, 0.25) is 5.88 Å². The fraction of sp³-hybridized carbons (Fsp3) is 0.375. The molecule has 0 spiro atoms. The Bertz CT molecular complexity index is 529. The summed E-state index contributed by atoms with van der Waals surface area (Å²) < 4.78 is 5.76. The van der Waals surface area contributed by atoms with Crippen LogP contribution in [-0.4, -0.2) is 16.6 Å². The van der Waals surface area contributed by atoms with Gasteiger partial charge in [-0.25, -0.2) is 9.97 Å². The lowest BCUT2D eigenvalue weighted by Gasteiger charge is -2.11. The van der Waals surface area contributed by atoms with Gasteiger partial charge in [-0.15, -0.1) is 0 Å². The fourth-order valence-electron chi connectivity index (χ4n) is 2.11. The van der Waals surface area contributed by atoms with Crippen molar-refractivity contribution in [2.45, 2.75) is 32.6 Å². The van der Waals surface area contributed by atoms with Crippen LogP contribution in [0.5, 0.6) is 5.88 Å². The number of benzene rings is 1. The van der Waals surface area contributed by atoms with E-state index in [2.05, 4.69) is 41.2 Å². The summed E-state index contributed by atoms with van der Waals surface area (Å²) in [5, 5.41) is 0. The summed E-state index contributed by atoms with van der Waals surface area (Å²) in [4.78, 5) is 8.21. The molecule has 0 atom stereocenters. The monoisotopic (exact) mass is 271 g/mol. The number of nitrogens with two attached hydrogens (primary N) is 1. The quantitative estimate of drug-likeness (QED) is 0.786. The molecule has 0 unspecified atom stereocenters. The second-order valence-corrected chi connectivity index (χ2v) is 4.73. The fourth-order valence-corrected chi connectivity index (χ4v) is 2.11. The lowest BCUT2D eigenvalue weighted by atomic mass is 10.1. The van der Waals surface area contributed by atoms with Gasteiger partial charge in [-0.3, -0.25) is 0 Å². The van der Waals surface area contributed by atoms with E-state index in [9.17, 15) is 0 Å². The molecule has 0 radical (unpaired) electrons. The molecule has 0 amide bonds. The maximum absolute atomic E-state index is 5.87. The summed E-state index contributed by atoms with van der Waals surface area (Å²) in [5.41, 5.74) is 8.12. The van der Waals surface area contributed by atoms with E-state index in [0.717, 1.165) is 31.2 Å². The summed E-state index contributed by atoms with van der Waals surface area (Å²) in [6.07, 6.45) is 5.27. The molecule has 2 aromatic rings. The van der Waals surface area contributed by atoms with Crippen molar-refractivity contribution in [3.8, 4) is 5.88 Å². The molecule has 0 bridgehead atoms. The molecular weight excluding hydrogens is 250 g/mol. The molecule has 1 aromatic heterocycles. The third-order valence-corrected chi connectivity index (χ3v) is 3.13. The zero-order chi connectivity index (χ0) is 14.2. The van der Waals surface area contributed by atoms with Gasteiger partial charge in [-0.05, 0) is 24.8 Å². The molecule has 0 saturated carbocycles. The van der Waals surface area contributed by atoms with Gasteiger partial charge in [-0.1, -0.05) is 43.7 Å². The van der Waals surface area contributed by atoms with Gasteiger partial charge < -0.3 is 10.5 Å². The number of nitrogens with zero attached hydrogens (tertiary/aromatic N) is 2.